The smallest absolute Gasteiger partial charge is 0.291 e. The van der Waals surface area contributed by atoms with Gasteiger partial charge in [0.25, 0.3) is 5.91 Å². The highest BCUT2D eigenvalue weighted by Crippen LogP contribution is 2.40. The van der Waals surface area contributed by atoms with Crippen LogP contribution in [-0.2, 0) is 11.2 Å². The fraction of sp³-hybridized carbons (Fsp3) is 0.478. The summed E-state index contributed by atoms with van der Waals surface area (Å²) in [6.07, 6.45) is 6.93. The second-order valence-electron chi connectivity index (χ2n) is 8.66. The molecule has 156 valence electrons. The maximum absolute atomic E-state index is 12.6. The van der Waals surface area contributed by atoms with Gasteiger partial charge in [0, 0.05) is 36.7 Å². The largest absolute Gasteiger partial charge is 0.390 e. The van der Waals surface area contributed by atoms with E-state index in [2.05, 4.69) is 41.3 Å². The Balaban J connectivity index is 1.90. The molecule has 1 amide bonds. The average Bonchev–Trinajstić information content (AvgIpc) is 3.10. The van der Waals surface area contributed by atoms with E-state index in [-0.39, 0.29) is 5.91 Å². The number of amides is 1. The minimum absolute atomic E-state index is 0.261. The molecule has 1 atom stereocenters. The van der Waals surface area contributed by atoms with Gasteiger partial charge in [0.05, 0.1) is 12.7 Å². The Labute approximate surface area is 172 Å². The van der Waals surface area contributed by atoms with E-state index in [1.165, 1.54) is 5.57 Å². The first kappa shape index (κ1) is 21.3. The van der Waals surface area contributed by atoms with Crippen LogP contribution in [0.15, 0.2) is 30.5 Å². The first-order valence-corrected chi connectivity index (χ1v) is 10.1. The molecule has 1 unspecified atom stereocenters. The lowest BCUT2D eigenvalue weighted by Crippen LogP contribution is -2.19. The van der Waals surface area contributed by atoms with Crippen molar-refractivity contribution in [2.45, 2.75) is 52.6 Å². The fourth-order valence-electron chi connectivity index (χ4n) is 3.65. The third kappa shape index (κ3) is 5.55. The molecule has 1 aliphatic carbocycles. The van der Waals surface area contributed by atoms with Gasteiger partial charge in [0.1, 0.15) is 0 Å². The molecule has 6 nitrogen and oxygen atoms in total. The molecule has 0 spiro atoms. The second-order valence-corrected chi connectivity index (χ2v) is 8.66. The monoisotopic (exact) mass is 397 g/mol. The van der Waals surface area contributed by atoms with Crippen LogP contribution >= 0.6 is 0 Å². The predicted octanol–water partition coefficient (Wildman–Crippen LogP) is 4.11. The van der Waals surface area contributed by atoms with E-state index in [0.717, 1.165) is 41.8 Å². The van der Waals surface area contributed by atoms with Crippen molar-refractivity contribution in [1.29, 1.82) is 0 Å². The quantitative estimate of drug-likeness (QED) is 0.656. The molecule has 3 N–H and O–H groups in total. The summed E-state index contributed by atoms with van der Waals surface area (Å²) in [5.74, 6) is 0.0371. The molecule has 0 bridgehead atoms. The number of nitrogens with one attached hydrogen (secondary N) is 2. The lowest BCUT2D eigenvalue weighted by molar-refractivity contribution is 0.0650. The molecule has 0 aliphatic heterocycles. The van der Waals surface area contributed by atoms with E-state index < -0.39 is 6.10 Å². The van der Waals surface area contributed by atoms with Gasteiger partial charge in [0.15, 0.2) is 5.82 Å². The summed E-state index contributed by atoms with van der Waals surface area (Å²) in [6, 6.07) is 5.93. The number of aromatic nitrogens is 2. The van der Waals surface area contributed by atoms with Gasteiger partial charge in [-0.15, -0.1) is 0 Å². The number of aryl methyl sites for hydroxylation is 1. The van der Waals surface area contributed by atoms with Gasteiger partial charge in [-0.3, -0.25) is 4.79 Å². The average molecular weight is 398 g/mol. The predicted molar refractivity (Wildman–Crippen MR) is 115 cm³/mol. The van der Waals surface area contributed by atoms with Crippen LogP contribution in [-0.4, -0.2) is 40.8 Å². The van der Waals surface area contributed by atoms with Crippen LogP contribution in [0.4, 0.5) is 5.69 Å². The SMILES string of the molecule is COCC(O)Cc1ccc(NC(=O)c2ncc(C)[nH]2)c(C2=CCC(C)(C)CC2)c1. The molecule has 0 fully saturated rings. The summed E-state index contributed by atoms with van der Waals surface area (Å²) in [7, 11) is 1.58. The van der Waals surface area contributed by atoms with E-state index in [0.29, 0.717) is 24.3 Å². The molecule has 0 saturated heterocycles. The van der Waals surface area contributed by atoms with Crippen molar-refractivity contribution in [3.63, 3.8) is 0 Å². The number of carbonyl (C=O) groups is 1. The highest BCUT2D eigenvalue weighted by atomic mass is 16.5. The van der Waals surface area contributed by atoms with Gasteiger partial charge in [-0.2, -0.15) is 0 Å². The third-order valence-corrected chi connectivity index (χ3v) is 5.40. The van der Waals surface area contributed by atoms with Crippen molar-refractivity contribution < 1.29 is 14.6 Å². The molecule has 6 heteroatoms. The summed E-state index contributed by atoms with van der Waals surface area (Å²) in [6.45, 7) is 6.71. The number of imidazole rings is 1. The molecule has 3 rings (SSSR count). The Morgan fingerprint density at radius 3 is 2.83 bits per heavy atom. The van der Waals surface area contributed by atoms with Crippen molar-refractivity contribution in [1.82, 2.24) is 9.97 Å². The van der Waals surface area contributed by atoms with Crippen molar-refractivity contribution in [2.24, 2.45) is 5.41 Å². The molecule has 2 aromatic rings. The molecule has 1 heterocycles. The first-order chi connectivity index (χ1) is 13.8. The van der Waals surface area contributed by atoms with Gasteiger partial charge in [-0.1, -0.05) is 26.0 Å². The van der Waals surface area contributed by atoms with E-state index >= 15 is 0 Å². The van der Waals surface area contributed by atoms with Crippen LogP contribution < -0.4 is 5.32 Å². The molecular weight excluding hydrogens is 366 g/mol. The van der Waals surface area contributed by atoms with Crippen LogP contribution in [0.1, 0.15) is 60.5 Å². The molecule has 1 aliphatic rings. The summed E-state index contributed by atoms with van der Waals surface area (Å²) in [5, 5.41) is 13.1. The highest BCUT2D eigenvalue weighted by molar-refractivity contribution is 6.03. The molecule has 1 aromatic heterocycles. The van der Waals surface area contributed by atoms with Gasteiger partial charge in [-0.25, -0.2) is 4.98 Å². The zero-order valence-electron chi connectivity index (χ0n) is 17.7. The zero-order valence-corrected chi connectivity index (χ0v) is 17.7. The maximum Gasteiger partial charge on any atom is 0.291 e. The number of hydrogen-bond donors (Lipinski definition) is 3. The lowest BCUT2D eigenvalue weighted by Gasteiger charge is -2.29. The van der Waals surface area contributed by atoms with Crippen LogP contribution in [0.2, 0.25) is 0 Å². The number of benzene rings is 1. The van der Waals surface area contributed by atoms with Crippen molar-refractivity contribution in [3.8, 4) is 0 Å². The molecular formula is C23H31N3O3. The summed E-state index contributed by atoms with van der Waals surface area (Å²) < 4.78 is 5.04. The standard InChI is InChI=1S/C23H31N3O3/c1-15-13-24-21(25-15)22(28)26-20-6-5-16(11-18(27)14-29-4)12-19(20)17-7-9-23(2,3)10-8-17/h5-7,12-13,18,27H,8-11,14H2,1-4H3,(H,24,25)(H,26,28). The molecule has 0 saturated carbocycles. The van der Waals surface area contributed by atoms with E-state index in [9.17, 15) is 9.90 Å². The van der Waals surface area contributed by atoms with Crippen LogP contribution in [0, 0.1) is 12.3 Å². The van der Waals surface area contributed by atoms with Crippen LogP contribution in [0.25, 0.3) is 5.57 Å². The van der Waals surface area contributed by atoms with Gasteiger partial charge >= 0.3 is 0 Å². The van der Waals surface area contributed by atoms with Crippen molar-refractivity contribution in [2.75, 3.05) is 19.0 Å². The number of allylic oxidation sites excluding steroid dienone is 2. The van der Waals surface area contributed by atoms with Gasteiger partial charge in [0.2, 0.25) is 0 Å². The van der Waals surface area contributed by atoms with Crippen molar-refractivity contribution in [3.05, 3.63) is 53.1 Å². The minimum atomic E-state index is -0.557. The van der Waals surface area contributed by atoms with Crippen molar-refractivity contribution >= 4 is 17.2 Å². The lowest BCUT2D eigenvalue weighted by atomic mass is 9.76. The fourth-order valence-corrected chi connectivity index (χ4v) is 3.65. The van der Waals surface area contributed by atoms with E-state index in [1.807, 2.05) is 19.1 Å². The zero-order chi connectivity index (χ0) is 21.0. The number of aromatic amines is 1. The molecule has 0 radical (unpaired) electrons. The molecule has 29 heavy (non-hydrogen) atoms. The topological polar surface area (TPSA) is 87.2 Å². The Hall–Kier alpha value is -2.44. The summed E-state index contributed by atoms with van der Waals surface area (Å²) >= 11 is 0. The number of rotatable bonds is 7. The number of aliphatic hydroxyl groups excluding tert-OH is 1. The number of H-pyrrole nitrogens is 1. The number of hydrogen-bond acceptors (Lipinski definition) is 4. The number of aliphatic hydroxyl groups is 1. The van der Waals surface area contributed by atoms with E-state index in [1.54, 1.807) is 13.3 Å². The van der Waals surface area contributed by atoms with Gasteiger partial charge in [-0.05, 0) is 54.9 Å². The van der Waals surface area contributed by atoms with E-state index in [4.69, 9.17) is 4.74 Å². The third-order valence-electron chi connectivity index (χ3n) is 5.40. The number of ether oxygens (including phenoxy) is 1. The number of nitrogens with zero attached hydrogens (tertiary/aromatic N) is 1. The van der Waals surface area contributed by atoms with Gasteiger partial charge < -0.3 is 20.1 Å². The number of carbonyl (C=O) groups excluding carboxylic acids is 1. The van der Waals surface area contributed by atoms with Crippen LogP contribution in [0.3, 0.4) is 0 Å². The number of methoxy groups -OCH3 is 1. The molecule has 1 aromatic carbocycles. The Morgan fingerprint density at radius 1 is 1.41 bits per heavy atom. The first-order valence-electron chi connectivity index (χ1n) is 10.1. The normalized spacial score (nSPS) is 16.9. The minimum Gasteiger partial charge on any atom is -0.390 e. The number of anilines is 1. The van der Waals surface area contributed by atoms with Crippen LogP contribution in [0.5, 0.6) is 0 Å². The summed E-state index contributed by atoms with van der Waals surface area (Å²) in [4.78, 5) is 19.7. The highest BCUT2D eigenvalue weighted by Gasteiger charge is 2.24. The maximum atomic E-state index is 12.6. The Morgan fingerprint density at radius 2 is 2.21 bits per heavy atom. The Bertz CT molecular complexity index is 899. The summed E-state index contributed by atoms with van der Waals surface area (Å²) in [5.41, 5.74) is 5.17. The second kappa shape index (κ2) is 8.93. The Kier molecular flexibility index (Phi) is 6.55.